The average Bonchev–Trinajstić information content (AvgIpc) is 2.83. The monoisotopic (exact) mass is 323 g/mol. The van der Waals surface area contributed by atoms with Gasteiger partial charge in [0, 0.05) is 12.2 Å². The molecule has 0 radical (unpaired) electrons. The largest absolute Gasteiger partial charge is 0.486 e. The molecule has 2 aromatic rings. The molecule has 0 fully saturated rings. The first-order chi connectivity index (χ1) is 9.15. The van der Waals surface area contributed by atoms with E-state index in [-0.39, 0.29) is 0 Å². The molecule has 0 saturated heterocycles. The predicted molar refractivity (Wildman–Crippen MR) is 80.2 cm³/mol. The van der Waals surface area contributed by atoms with E-state index in [0.717, 1.165) is 34.6 Å². The summed E-state index contributed by atoms with van der Waals surface area (Å²) in [4.78, 5) is 0. The van der Waals surface area contributed by atoms with E-state index in [9.17, 15) is 0 Å². The SMILES string of the molecule is CCc1cc(COc2cccc(N)c2Br)n(CC)n1. The van der Waals surface area contributed by atoms with Crippen molar-refractivity contribution in [2.24, 2.45) is 0 Å². The van der Waals surface area contributed by atoms with Crippen LogP contribution in [0.4, 0.5) is 5.69 Å². The van der Waals surface area contributed by atoms with Crippen LogP contribution in [0.3, 0.4) is 0 Å². The van der Waals surface area contributed by atoms with Gasteiger partial charge in [-0.15, -0.1) is 0 Å². The maximum atomic E-state index is 5.83. The van der Waals surface area contributed by atoms with Gasteiger partial charge in [0.2, 0.25) is 0 Å². The number of nitrogen functional groups attached to an aromatic ring is 1. The van der Waals surface area contributed by atoms with E-state index < -0.39 is 0 Å². The summed E-state index contributed by atoms with van der Waals surface area (Å²) < 4.78 is 8.59. The summed E-state index contributed by atoms with van der Waals surface area (Å²) in [7, 11) is 0. The number of hydrogen-bond acceptors (Lipinski definition) is 3. The lowest BCUT2D eigenvalue weighted by Crippen LogP contribution is -2.06. The van der Waals surface area contributed by atoms with Crippen LogP contribution in [0.25, 0.3) is 0 Å². The predicted octanol–water partition coefficient (Wildman–Crippen LogP) is 3.39. The minimum absolute atomic E-state index is 0.489. The van der Waals surface area contributed by atoms with Crippen molar-refractivity contribution in [1.82, 2.24) is 9.78 Å². The Kier molecular flexibility index (Phi) is 4.47. The molecule has 1 heterocycles. The second kappa shape index (κ2) is 6.10. The number of aromatic nitrogens is 2. The maximum Gasteiger partial charge on any atom is 0.136 e. The highest BCUT2D eigenvalue weighted by Crippen LogP contribution is 2.30. The molecule has 19 heavy (non-hydrogen) atoms. The van der Waals surface area contributed by atoms with E-state index in [0.29, 0.717) is 12.3 Å². The van der Waals surface area contributed by atoms with Gasteiger partial charge in [-0.05, 0) is 47.5 Å². The fourth-order valence-electron chi connectivity index (χ4n) is 1.87. The third kappa shape index (κ3) is 3.10. The summed E-state index contributed by atoms with van der Waals surface area (Å²) >= 11 is 3.44. The summed E-state index contributed by atoms with van der Waals surface area (Å²) in [6, 6.07) is 7.70. The molecule has 4 nitrogen and oxygen atoms in total. The normalized spacial score (nSPS) is 10.7. The Balaban J connectivity index is 2.14. The summed E-state index contributed by atoms with van der Waals surface area (Å²) in [6.45, 7) is 5.51. The van der Waals surface area contributed by atoms with Crippen LogP contribution in [-0.4, -0.2) is 9.78 Å². The number of aryl methyl sites for hydroxylation is 2. The van der Waals surface area contributed by atoms with Crippen LogP contribution in [0, 0.1) is 0 Å². The first kappa shape index (κ1) is 13.9. The molecule has 102 valence electrons. The molecule has 0 spiro atoms. The minimum Gasteiger partial charge on any atom is -0.486 e. The lowest BCUT2D eigenvalue weighted by atomic mass is 10.3. The summed E-state index contributed by atoms with van der Waals surface area (Å²) in [6.07, 6.45) is 0.933. The molecule has 0 aliphatic carbocycles. The van der Waals surface area contributed by atoms with E-state index in [4.69, 9.17) is 10.5 Å². The Bertz CT molecular complexity index is 566. The van der Waals surface area contributed by atoms with Crippen LogP contribution in [-0.2, 0) is 19.6 Å². The van der Waals surface area contributed by atoms with E-state index >= 15 is 0 Å². The first-order valence-corrected chi connectivity index (χ1v) is 7.17. The molecule has 0 aliphatic rings. The van der Waals surface area contributed by atoms with Gasteiger partial charge in [0.05, 0.1) is 15.9 Å². The van der Waals surface area contributed by atoms with Crippen molar-refractivity contribution < 1.29 is 4.74 Å². The average molecular weight is 324 g/mol. The van der Waals surface area contributed by atoms with Crippen LogP contribution in [0.1, 0.15) is 25.2 Å². The molecule has 2 rings (SSSR count). The van der Waals surface area contributed by atoms with E-state index in [1.807, 2.05) is 22.9 Å². The molecule has 1 aromatic carbocycles. The molecule has 0 unspecified atom stereocenters. The van der Waals surface area contributed by atoms with E-state index in [1.54, 1.807) is 0 Å². The second-order valence-corrected chi connectivity index (χ2v) is 5.04. The van der Waals surface area contributed by atoms with Crippen molar-refractivity contribution in [3.05, 3.63) is 40.1 Å². The zero-order valence-corrected chi connectivity index (χ0v) is 12.8. The van der Waals surface area contributed by atoms with Gasteiger partial charge < -0.3 is 10.5 Å². The highest BCUT2D eigenvalue weighted by atomic mass is 79.9. The van der Waals surface area contributed by atoms with E-state index in [1.165, 1.54) is 0 Å². The van der Waals surface area contributed by atoms with Gasteiger partial charge in [-0.2, -0.15) is 5.10 Å². The first-order valence-electron chi connectivity index (χ1n) is 6.38. The van der Waals surface area contributed by atoms with Gasteiger partial charge in [-0.25, -0.2) is 0 Å². The van der Waals surface area contributed by atoms with Gasteiger partial charge in [-0.3, -0.25) is 4.68 Å². The van der Waals surface area contributed by atoms with Crippen molar-refractivity contribution >= 4 is 21.6 Å². The third-order valence-corrected chi connectivity index (χ3v) is 3.79. The fourth-order valence-corrected chi connectivity index (χ4v) is 2.25. The van der Waals surface area contributed by atoms with Crippen molar-refractivity contribution in [1.29, 1.82) is 0 Å². The van der Waals surface area contributed by atoms with Crippen LogP contribution < -0.4 is 10.5 Å². The van der Waals surface area contributed by atoms with Gasteiger partial charge in [-0.1, -0.05) is 13.0 Å². The molecule has 0 bridgehead atoms. The van der Waals surface area contributed by atoms with Gasteiger partial charge >= 0.3 is 0 Å². The van der Waals surface area contributed by atoms with E-state index in [2.05, 4.69) is 40.9 Å². The molecule has 0 atom stereocenters. The zero-order chi connectivity index (χ0) is 13.8. The summed E-state index contributed by atoms with van der Waals surface area (Å²) in [5, 5.41) is 4.50. The number of benzene rings is 1. The molecule has 2 N–H and O–H groups in total. The number of hydrogen-bond donors (Lipinski definition) is 1. The van der Waals surface area contributed by atoms with Crippen molar-refractivity contribution in [2.45, 2.75) is 33.4 Å². The fraction of sp³-hybridized carbons (Fsp3) is 0.357. The Hall–Kier alpha value is -1.49. The van der Waals surface area contributed by atoms with Gasteiger partial charge in [0.25, 0.3) is 0 Å². The highest BCUT2D eigenvalue weighted by Gasteiger charge is 2.08. The number of nitrogens with zero attached hydrogens (tertiary/aromatic N) is 2. The molecular formula is C14H18BrN3O. The van der Waals surface area contributed by atoms with Crippen LogP contribution in [0.5, 0.6) is 5.75 Å². The Labute approximate surface area is 121 Å². The van der Waals surface area contributed by atoms with Crippen molar-refractivity contribution in [2.75, 3.05) is 5.73 Å². The lowest BCUT2D eigenvalue weighted by molar-refractivity contribution is 0.291. The summed E-state index contributed by atoms with van der Waals surface area (Å²) in [5.74, 6) is 0.752. The highest BCUT2D eigenvalue weighted by molar-refractivity contribution is 9.10. The molecule has 0 amide bonds. The van der Waals surface area contributed by atoms with Gasteiger partial charge in [0.15, 0.2) is 0 Å². The van der Waals surface area contributed by atoms with Crippen LogP contribution in [0.15, 0.2) is 28.7 Å². The molecule has 0 saturated carbocycles. The number of nitrogens with two attached hydrogens (primary N) is 1. The maximum absolute atomic E-state index is 5.83. The van der Waals surface area contributed by atoms with Crippen LogP contribution >= 0.6 is 15.9 Å². The molecular weight excluding hydrogens is 306 g/mol. The number of halogens is 1. The lowest BCUT2D eigenvalue weighted by Gasteiger charge is -2.10. The number of rotatable bonds is 5. The smallest absolute Gasteiger partial charge is 0.136 e. The van der Waals surface area contributed by atoms with Crippen LogP contribution in [0.2, 0.25) is 0 Å². The number of ether oxygens (including phenoxy) is 1. The molecule has 5 heteroatoms. The third-order valence-electron chi connectivity index (χ3n) is 2.94. The topological polar surface area (TPSA) is 53.1 Å². The van der Waals surface area contributed by atoms with Crippen molar-refractivity contribution in [3.63, 3.8) is 0 Å². The second-order valence-electron chi connectivity index (χ2n) is 4.24. The Morgan fingerprint density at radius 1 is 1.37 bits per heavy atom. The zero-order valence-electron chi connectivity index (χ0n) is 11.2. The quantitative estimate of drug-likeness (QED) is 0.858. The molecule has 1 aromatic heterocycles. The molecule has 0 aliphatic heterocycles. The minimum atomic E-state index is 0.489. The summed E-state index contributed by atoms with van der Waals surface area (Å²) in [5.41, 5.74) is 8.67. The Morgan fingerprint density at radius 2 is 2.16 bits per heavy atom. The van der Waals surface area contributed by atoms with Gasteiger partial charge in [0.1, 0.15) is 12.4 Å². The standard InChI is InChI=1S/C14H18BrN3O/c1-3-10-8-11(18(4-2)17-10)9-19-13-7-5-6-12(16)14(13)15/h5-8H,3-4,9,16H2,1-2H3. The number of anilines is 1. The Morgan fingerprint density at radius 3 is 2.84 bits per heavy atom. The van der Waals surface area contributed by atoms with Crippen molar-refractivity contribution in [3.8, 4) is 5.75 Å².